The van der Waals surface area contributed by atoms with Gasteiger partial charge < -0.3 is 9.84 Å². The second-order valence-corrected chi connectivity index (χ2v) is 9.27. The van der Waals surface area contributed by atoms with Crippen LogP contribution in [0.1, 0.15) is 58.2 Å². The quantitative estimate of drug-likeness (QED) is 0.287. The second-order valence-electron chi connectivity index (χ2n) is 8.46. The van der Waals surface area contributed by atoms with E-state index in [1.807, 2.05) is 39.0 Å². The third-order valence-electron chi connectivity index (χ3n) is 5.54. The van der Waals surface area contributed by atoms with Gasteiger partial charge in [-0.15, -0.1) is 5.10 Å². The van der Waals surface area contributed by atoms with Crippen molar-refractivity contribution >= 4 is 29.2 Å². The number of para-hydroxylation sites is 1. The van der Waals surface area contributed by atoms with E-state index in [4.69, 9.17) is 33.0 Å². The first-order valence-electron chi connectivity index (χ1n) is 11.2. The molecule has 0 saturated heterocycles. The number of carbonyl (C=O) groups is 1. The van der Waals surface area contributed by atoms with Crippen molar-refractivity contribution in [1.82, 2.24) is 15.0 Å². The molecule has 0 aliphatic rings. The summed E-state index contributed by atoms with van der Waals surface area (Å²) in [4.78, 5) is 11.0. The number of halogens is 2. The number of nitrogens with zero attached hydrogens (tertiary/aromatic N) is 3. The molecule has 0 radical (unpaired) electrons. The zero-order valence-electron chi connectivity index (χ0n) is 19.9. The number of rotatable bonds is 6. The van der Waals surface area contributed by atoms with Crippen LogP contribution in [0.15, 0.2) is 60.7 Å². The molecule has 0 saturated carbocycles. The van der Waals surface area contributed by atoms with Gasteiger partial charge in [-0.2, -0.15) is 0 Å². The maximum Gasteiger partial charge on any atom is 0.335 e. The molecule has 0 aliphatic heterocycles. The minimum Gasteiger partial charge on any atom is -0.487 e. The molecule has 36 heavy (non-hydrogen) atoms. The van der Waals surface area contributed by atoms with Crippen molar-refractivity contribution < 1.29 is 14.6 Å². The smallest absolute Gasteiger partial charge is 0.335 e. The SMILES string of the molecule is Cc1cc(OCc2c(C(C)C)nnn2-c2c(Cl)cccc2Cl)ccc1C#Cc1ccc(C(=O)O)cc1. The molecule has 1 heterocycles. The third kappa shape index (κ3) is 5.54. The van der Waals surface area contributed by atoms with Crippen LogP contribution in [0.5, 0.6) is 5.75 Å². The molecule has 0 atom stereocenters. The lowest BCUT2D eigenvalue weighted by Crippen LogP contribution is -2.09. The maximum absolute atomic E-state index is 11.0. The molecule has 0 fully saturated rings. The second kappa shape index (κ2) is 10.9. The van der Waals surface area contributed by atoms with E-state index in [9.17, 15) is 4.79 Å². The van der Waals surface area contributed by atoms with Crippen molar-refractivity contribution in [3.05, 3.63) is 104 Å². The van der Waals surface area contributed by atoms with E-state index < -0.39 is 5.97 Å². The number of aromatic nitrogens is 3. The summed E-state index contributed by atoms with van der Waals surface area (Å²) < 4.78 is 7.77. The van der Waals surface area contributed by atoms with Gasteiger partial charge in [0.2, 0.25) is 0 Å². The Morgan fingerprint density at radius 3 is 2.36 bits per heavy atom. The van der Waals surface area contributed by atoms with E-state index >= 15 is 0 Å². The number of hydrogen-bond donors (Lipinski definition) is 1. The fraction of sp³-hybridized carbons (Fsp3) is 0.179. The van der Waals surface area contributed by atoms with Gasteiger partial charge in [-0.25, -0.2) is 9.48 Å². The predicted octanol–water partition coefficient (Wildman–Crippen LogP) is 6.68. The molecule has 6 nitrogen and oxygen atoms in total. The van der Waals surface area contributed by atoms with Gasteiger partial charge in [0, 0.05) is 11.1 Å². The molecular weight excluding hydrogens is 497 g/mol. The number of benzene rings is 3. The number of carboxylic acid groups (broad SMARTS) is 1. The van der Waals surface area contributed by atoms with E-state index in [2.05, 4.69) is 22.2 Å². The highest BCUT2D eigenvalue weighted by molar-refractivity contribution is 6.37. The van der Waals surface area contributed by atoms with E-state index in [0.717, 1.165) is 28.1 Å². The van der Waals surface area contributed by atoms with Gasteiger partial charge in [0.25, 0.3) is 0 Å². The van der Waals surface area contributed by atoms with E-state index in [-0.39, 0.29) is 18.1 Å². The summed E-state index contributed by atoms with van der Waals surface area (Å²) in [5.41, 5.74) is 4.91. The molecule has 1 aromatic heterocycles. The Labute approximate surface area is 219 Å². The number of ether oxygens (including phenoxy) is 1. The molecule has 3 aromatic carbocycles. The van der Waals surface area contributed by atoms with Crippen molar-refractivity contribution in [3.8, 4) is 23.3 Å². The van der Waals surface area contributed by atoms with Crippen LogP contribution < -0.4 is 4.74 Å². The topological polar surface area (TPSA) is 77.2 Å². The van der Waals surface area contributed by atoms with Crippen molar-refractivity contribution in [1.29, 1.82) is 0 Å². The summed E-state index contributed by atoms with van der Waals surface area (Å²) in [5.74, 6) is 6.05. The molecule has 182 valence electrons. The summed E-state index contributed by atoms with van der Waals surface area (Å²) in [6.45, 7) is 6.26. The highest BCUT2D eigenvalue weighted by Crippen LogP contribution is 2.31. The molecule has 0 spiro atoms. The van der Waals surface area contributed by atoms with Gasteiger partial charge >= 0.3 is 5.97 Å². The maximum atomic E-state index is 11.0. The number of aryl methyl sites for hydroxylation is 1. The van der Waals surface area contributed by atoms with Crippen LogP contribution in [-0.2, 0) is 6.61 Å². The molecule has 8 heteroatoms. The highest BCUT2D eigenvalue weighted by Gasteiger charge is 2.21. The minimum absolute atomic E-state index is 0.127. The summed E-state index contributed by atoms with van der Waals surface area (Å²) >= 11 is 12.8. The number of hydrogen-bond acceptors (Lipinski definition) is 4. The molecule has 4 rings (SSSR count). The Kier molecular flexibility index (Phi) is 7.64. The molecule has 1 N–H and O–H groups in total. The lowest BCUT2D eigenvalue weighted by atomic mass is 10.1. The Morgan fingerprint density at radius 1 is 1.06 bits per heavy atom. The standard InChI is InChI=1S/C28H23Cl2N3O3/c1-17(2)26-25(33(32-31-26)27-23(29)5-4-6-24(27)30)16-36-22-14-13-20(18(3)15-22)10-7-19-8-11-21(12-9-19)28(34)35/h4-6,8-9,11-15,17H,16H2,1-3H3,(H,34,35). The largest absolute Gasteiger partial charge is 0.487 e. The van der Waals surface area contributed by atoms with Gasteiger partial charge in [-0.1, -0.05) is 60.2 Å². The fourth-order valence-corrected chi connectivity index (χ4v) is 4.18. The van der Waals surface area contributed by atoms with Crippen LogP contribution in [0.3, 0.4) is 0 Å². The van der Waals surface area contributed by atoms with Gasteiger partial charge in [0.05, 0.1) is 21.3 Å². The van der Waals surface area contributed by atoms with Crippen LogP contribution in [0.25, 0.3) is 5.69 Å². The lowest BCUT2D eigenvalue weighted by Gasteiger charge is -2.14. The third-order valence-corrected chi connectivity index (χ3v) is 6.15. The van der Waals surface area contributed by atoms with Crippen molar-refractivity contribution in [2.45, 2.75) is 33.3 Å². The molecular formula is C28H23Cl2N3O3. The summed E-state index contributed by atoms with van der Waals surface area (Å²) in [6, 6.07) is 17.4. The number of aromatic carboxylic acids is 1. The van der Waals surface area contributed by atoms with E-state index in [0.29, 0.717) is 21.5 Å². The van der Waals surface area contributed by atoms with Crippen LogP contribution >= 0.6 is 23.2 Å². The Balaban J connectivity index is 1.55. The molecule has 0 amide bonds. The van der Waals surface area contributed by atoms with E-state index in [1.54, 1.807) is 35.0 Å². The summed E-state index contributed by atoms with van der Waals surface area (Å²) in [7, 11) is 0. The predicted molar refractivity (Wildman–Crippen MR) is 140 cm³/mol. The summed E-state index contributed by atoms with van der Waals surface area (Å²) in [6.07, 6.45) is 0. The normalized spacial score (nSPS) is 10.7. The van der Waals surface area contributed by atoms with Crippen molar-refractivity contribution in [2.24, 2.45) is 0 Å². The lowest BCUT2D eigenvalue weighted by molar-refractivity contribution is 0.0697. The first kappa shape index (κ1) is 25.3. The van der Waals surface area contributed by atoms with Gasteiger partial charge in [0.1, 0.15) is 23.7 Å². The molecule has 4 aromatic rings. The molecule has 0 unspecified atom stereocenters. The van der Waals surface area contributed by atoms with Crippen LogP contribution in [-0.4, -0.2) is 26.1 Å². The minimum atomic E-state index is -0.963. The van der Waals surface area contributed by atoms with Crippen LogP contribution in [0, 0.1) is 18.8 Å². The van der Waals surface area contributed by atoms with Crippen molar-refractivity contribution in [2.75, 3.05) is 0 Å². The van der Waals surface area contributed by atoms with E-state index in [1.165, 1.54) is 12.1 Å². The zero-order chi connectivity index (χ0) is 25.8. The fourth-order valence-electron chi connectivity index (χ4n) is 3.62. The summed E-state index contributed by atoms with van der Waals surface area (Å²) in [5, 5.41) is 18.6. The van der Waals surface area contributed by atoms with Gasteiger partial charge in [0.15, 0.2) is 0 Å². The average Bonchev–Trinajstić information content (AvgIpc) is 3.26. The first-order valence-corrected chi connectivity index (χ1v) is 12.0. The molecule has 0 aliphatic carbocycles. The Morgan fingerprint density at radius 2 is 1.75 bits per heavy atom. The Bertz CT molecular complexity index is 1460. The zero-order valence-corrected chi connectivity index (χ0v) is 21.4. The van der Waals surface area contributed by atoms with Crippen LogP contribution in [0.2, 0.25) is 10.0 Å². The highest BCUT2D eigenvalue weighted by atomic mass is 35.5. The average molecular weight is 520 g/mol. The Hall–Kier alpha value is -3.79. The monoisotopic (exact) mass is 519 g/mol. The van der Waals surface area contributed by atoms with Gasteiger partial charge in [-0.3, -0.25) is 0 Å². The van der Waals surface area contributed by atoms with Gasteiger partial charge in [-0.05, 0) is 73.0 Å². The number of carboxylic acids is 1. The van der Waals surface area contributed by atoms with Crippen molar-refractivity contribution in [3.63, 3.8) is 0 Å². The van der Waals surface area contributed by atoms with Crippen LogP contribution in [0.4, 0.5) is 0 Å². The first-order chi connectivity index (χ1) is 17.2. The molecule has 0 bridgehead atoms.